The Bertz CT molecular complexity index is 873. The van der Waals surface area contributed by atoms with Crippen LogP contribution in [0.1, 0.15) is 44.3 Å². The second kappa shape index (κ2) is 8.43. The summed E-state index contributed by atoms with van der Waals surface area (Å²) in [6.07, 6.45) is 9.04. The molecule has 146 valence electrons. The normalized spacial score (nSPS) is 15.8. The first-order valence-corrected chi connectivity index (χ1v) is 9.61. The molecule has 0 amide bonds. The molecule has 0 unspecified atom stereocenters. The highest BCUT2D eigenvalue weighted by atomic mass is 16.5. The zero-order valence-corrected chi connectivity index (χ0v) is 16.2. The number of ether oxygens (including phenoxy) is 1. The van der Waals surface area contributed by atoms with E-state index in [2.05, 4.69) is 43.8 Å². The zero-order valence-electron chi connectivity index (χ0n) is 16.2. The summed E-state index contributed by atoms with van der Waals surface area (Å²) in [5.41, 5.74) is 1.99. The van der Waals surface area contributed by atoms with Crippen LogP contribution in [-0.4, -0.2) is 49.2 Å². The van der Waals surface area contributed by atoms with Crippen LogP contribution in [0.5, 0.6) is 6.01 Å². The quantitative estimate of drug-likeness (QED) is 0.644. The van der Waals surface area contributed by atoms with Crippen molar-refractivity contribution in [2.24, 2.45) is 0 Å². The van der Waals surface area contributed by atoms with Crippen molar-refractivity contribution in [1.29, 1.82) is 0 Å². The van der Waals surface area contributed by atoms with Gasteiger partial charge in [0.15, 0.2) is 5.82 Å². The van der Waals surface area contributed by atoms with Gasteiger partial charge in [0.2, 0.25) is 5.89 Å². The van der Waals surface area contributed by atoms with Crippen molar-refractivity contribution in [3.8, 4) is 17.1 Å². The van der Waals surface area contributed by atoms with E-state index in [0.29, 0.717) is 18.4 Å². The molecule has 0 spiro atoms. The molecular weight excluding hydrogens is 356 g/mol. The van der Waals surface area contributed by atoms with E-state index < -0.39 is 0 Å². The van der Waals surface area contributed by atoms with E-state index in [1.807, 2.05) is 12.1 Å². The van der Waals surface area contributed by atoms with Gasteiger partial charge in [0.25, 0.3) is 0 Å². The van der Waals surface area contributed by atoms with Gasteiger partial charge in [-0.25, -0.2) is 9.97 Å². The van der Waals surface area contributed by atoms with Crippen LogP contribution >= 0.6 is 0 Å². The fourth-order valence-electron chi connectivity index (χ4n) is 3.16. The highest BCUT2D eigenvalue weighted by molar-refractivity contribution is 5.60. The Hall–Kier alpha value is -2.87. The van der Waals surface area contributed by atoms with Crippen LogP contribution < -0.4 is 4.74 Å². The first-order valence-electron chi connectivity index (χ1n) is 9.61. The summed E-state index contributed by atoms with van der Waals surface area (Å²) in [6.45, 7) is 6.63. The molecule has 0 saturated carbocycles. The van der Waals surface area contributed by atoms with E-state index >= 15 is 0 Å². The van der Waals surface area contributed by atoms with Crippen LogP contribution in [0.4, 0.5) is 0 Å². The molecule has 3 aromatic heterocycles. The van der Waals surface area contributed by atoms with Crippen LogP contribution in [0.15, 0.2) is 41.4 Å². The van der Waals surface area contributed by atoms with E-state index in [-0.39, 0.29) is 12.0 Å². The van der Waals surface area contributed by atoms with Gasteiger partial charge in [-0.1, -0.05) is 19.0 Å². The third-order valence-corrected chi connectivity index (χ3v) is 4.81. The van der Waals surface area contributed by atoms with Crippen molar-refractivity contribution < 1.29 is 9.26 Å². The summed E-state index contributed by atoms with van der Waals surface area (Å²) >= 11 is 0. The average molecular weight is 380 g/mol. The van der Waals surface area contributed by atoms with Crippen molar-refractivity contribution in [2.75, 3.05) is 13.1 Å². The molecule has 3 aromatic rings. The maximum Gasteiger partial charge on any atom is 0.316 e. The third-order valence-electron chi connectivity index (χ3n) is 4.81. The Morgan fingerprint density at radius 3 is 2.46 bits per heavy atom. The van der Waals surface area contributed by atoms with Crippen LogP contribution in [0.25, 0.3) is 11.1 Å². The smallest absolute Gasteiger partial charge is 0.316 e. The van der Waals surface area contributed by atoms with Gasteiger partial charge < -0.3 is 9.26 Å². The molecule has 8 nitrogen and oxygen atoms in total. The van der Waals surface area contributed by atoms with E-state index in [1.54, 1.807) is 24.8 Å². The maximum atomic E-state index is 5.97. The molecule has 1 aliphatic rings. The fraction of sp³-hybridized carbons (Fsp3) is 0.450. The van der Waals surface area contributed by atoms with Crippen LogP contribution in [0.2, 0.25) is 0 Å². The molecule has 1 aliphatic heterocycles. The Labute approximate surface area is 164 Å². The van der Waals surface area contributed by atoms with Gasteiger partial charge in [-0.05, 0) is 30.5 Å². The summed E-state index contributed by atoms with van der Waals surface area (Å²) < 4.78 is 11.3. The summed E-state index contributed by atoms with van der Waals surface area (Å²) in [4.78, 5) is 19.5. The SMILES string of the molecule is CC(C)c1noc(CN2CCC(Oc3ncc(-c4ccncc4)cn3)CC2)n1. The lowest BCUT2D eigenvalue weighted by Crippen LogP contribution is -2.38. The topological polar surface area (TPSA) is 90.1 Å². The molecule has 1 saturated heterocycles. The maximum absolute atomic E-state index is 5.97. The molecule has 0 N–H and O–H groups in total. The molecule has 0 bridgehead atoms. The highest BCUT2D eigenvalue weighted by Crippen LogP contribution is 2.20. The van der Waals surface area contributed by atoms with Crippen molar-refractivity contribution in [3.63, 3.8) is 0 Å². The Morgan fingerprint density at radius 2 is 1.82 bits per heavy atom. The van der Waals surface area contributed by atoms with Crippen molar-refractivity contribution in [1.82, 2.24) is 30.0 Å². The van der Waals surface area contributed by atoms with Crippen molar-refractivity contribution in [2.45, 2.75) is 45.3 Å². The summed E-state index contributed by atoms with van der Waals surface area (Å²) in [5, 5.41) is 4.02. The van der Waals surface area contributed by atoms with Gasteiger partial charge >= 0.3 is 6.01 Å². The van der Waals surface area contributed by atoms with Gasteiger partial charge in [0, 0.05) is 49.4 Å². The minimum absolute atomic E-state index is 0.122. The molecule has 4 rings (SSSR count). The van der Waals surface area contributed by atoms with Gasteiger partial charge in [-0.2, -0.15) is 4.98 Å². The third kappa shape index (κ3) is 4.51. The second-order valence-corrected chi connectivity index (χ2v) is 7.28. The number of pyridine rings is 1. The lowest BCUT2D eigenvalue weighted by molar-refractivity contribution is 0.0835. The number of nitrogens with zero attached hydrogens (tertiary/aromatic N) is 6. The van der Waals surface area contributed by atoms with Gasteiger partial charge in [-0.3, -0.25) is 9.88 Å². The minimum atomic E-state index is 0.122. The first kappa shape index (κ1) is 18.5. The fourth-order valence-corrected chi connectivity index (χ4v) is 3.16. The Kier molecular flexibility index (Phi) is 5.57. The predicted molar refractivity (Wildman–Crippen MR) is 103 cm³/mol. The van der Waals surface area contributed by atoms with Gasteiger partial charge in [0.1, 0.15) is 6.10 Å². The standard InChI is InChI=1S/C20H24N6O2/c1-14(2)19-24-18(28-25-19)13-26-9-5-17(6-10-26)27-20-22-11-16(12-23-20)15-3-7-21-8-4-15/h3-4,7-8,11-12,14,17H,5-6,9-10,13H2,1-2H3. The lowest BCUT2D eigenvalue weighted by Gasteiger charge is -2.30. The average Bonchev–Trinajstić information content (AvgIpc) is 3.20. The second-order valence-electron chi connectivity index (χ2n) is 7.28. The Balaban J connectivity index is 1.27. The van der Waals surface area contributed by atoms with Crippen LogP contribution in [0, 0.1) is 0 Å². The van der Waals surface area contributed by atoms with Gasteiger partial charge in [-0.15, -0.1) is 0 Å². The number of aromatic nitrogens is 5. The zero-order chi connectivity index (χ0) is 19.3. The van der Waals surface area contributed by atoms with Crippen molar-refractivity contribution >= 4 is 0 Å². The van der Waals surface area contributed by atoms with E-state index in [9.17, 15) is 0 Å². The summed E-state index contributed by atoms with van der Waals surface area (Å²) in [5.74, 6) is 1.72. The van der Waals surface area contributed by atoms with E-state index in [0.717, 1.165) is 42.9 Å². The number of hydrogen-bond acceptors (Lipinski definition) is 8. The Morgan fingerprint density at radius 1 is 1.11 bits per heavy atom. The predicted octanol–water partition coefficient (Wildman–Crippen LogP) is 3.09. The molecular formula is C20H24N6O2. The lowest BCUT2D eigenvalue weighted by atomic mass is 10.1. The molecule has 0 aromatic carbocycles. The van der Waals surface area contributed by atoms with Gasteiger partial charge in [0.05, 0.1) is 6.54 Å². The minimum Gasteiger partial charge on any atom is -0.460 e. The monoisotopic (exact) mass is 380 g/mol. The van der Waals surface area contributed by atoms with Crippen molar-refractivity contribution in [3.05, 3.63) is 48.6 Å². The molecule has 0 atom stereocenters. The largest absolute Gasteiger partial charge is 0.460 e. The van der Waals surface area contributed by atoms with Crippen LogP contribution in [-0.2, 0) is 6.54 Å². The number of piperidine rings is 1. The van der Waals surface area contributed by atoms with E-state index in [4.69, 9.17) is 9.26 Å². The molecule has 28 heavy (non-hydrogen) atoms. The molecule has 4 heterocycles. The number of rotatable bonds is 6. The molecule has 1 fully saturated rings. The summed E-state index contributed by atoms with van der Waals surface area (Å²) in [7, 11) is 0. The van der Waals surface area contributed by atoms with E-state index in [1.165, 1.54) is 0 Å². The number of hydrogen-bond donors (Lipinski definition) is 0. The molecule has 0 radical (unpaired) electrons. The summed E-state index contributed by atoms with van der Waals surface area (Å²) in [6, 6.07) is 4.29. The van der Waals surface area contributed by atoms with Crippen LogP contribution in [0.3, 0.4) is 0 Å². The number of likely N-dealkylation sites (tertiary alicyclic amines) is 1. The molecule has 8 heteroatoms. The molecule has 0 aliphatic carbocycles. The highest BCUT2D eigenvalue weighted by Gasteiger charge is 2.23. The first-order chi connectivity index (χ1) is 13.7.